The molecule has 1 N–H and O–H groups in total. The SMILES string of the molecule is O=C(O)c1ccc(F)c(OC2CC2)c1. The second-order valence-corrected chi connectivity index (χ2v) is 3.27. The molecule has 0 heterocycles. The van der Waals surface area contributed by atoms with E-state index in [-0.39, 0.29) is 17.4 Å². The van der Waals surface area contributed by atoms with Gasteiger partial charge < -0.3 is 9.84 Å². The summed E-state index contributed by atoms with van der Waals surface area (Å²) in [6.45, 7) is 0. The van der Waals surface area contributed by atoms with Gasteiger partial charge in [-0.15, -0.1) is 0 Å². The van der Waals surface area contributed by atoms with Gasteiger partial charge in [0.2, 0.25) is 0 Å². The lowest BCUT2D eigenvalue weighted by Gasteiger charge is -2.05. The molecule has 1 aliphatic rings. The molecule has 14 heavy (non-hydrogen) atoms. The topological polar surface area (TPSA) is 46.5 Å². The van der Waals surface area contributed by atoms with Gasteiger partial charge in [-0.05, 0) is 31.0 Å². The average molecular weight is 196 g/mol. The number of hydrogen-bond donors (Lipinski definition) is 1. The van der Waals surface area contributed by atoms with Crippen LogP contribution in [0.15, 0.2) is 18.2 Å². The Morgan fingerprint density at radius 3 is 2.79 bits per heavy atom. The van der Waals surface area contributed by atoms with Crippen LogP contribution in [0.4, 0.5) is 4.39 Å². The zero-order valence-corrected chi connectivity index (χ0v) is 7.37. The Morgan fingerprint density at radius 1 is 1.50 bits per heavy atom. The summed E-state index contributed by atoms with van der Waals surface area (Å²) < 4.78 is 18.3. The third-order valence-electron chi connectivity index (χ3n) is 2.00. The van der Waals surface area contributed by atoms with Crippen molar-refractivity contribution in [2.75, 3.05) is 0 Å². The largest absolute Gasteiger partial charge is 0.487 e. The smallest absolute Gasteiger partial charge is 0.335 e. The number of hydrogen-bond acceptors (Lipinski definition) is 2. The second kappa shape index (κ2) is 3.29. The van der Waals surface area contributed by atoms with Gasteiger partial charge in [-0.1, -0.05) is 0 Å². The van der Waals surface area contributed by atoms with Gasteiger partial charge in [0.1, 0.15) is 0 Å². The van der Waals surface area contributed by atoms with Crippen molar-refractivity contribution in [2.45, 2.75) is 18.9 Å². The van der Waals surface area contributed by atoms with Crippen molar-refractivity contribution in [3.63, 3.8) is 0 Å². The fourth-order valence-corrected chi connectivity index (χ4v) is 1.09. The first-order valence-electron chi connectivity index (χ1n) is 4.36. The van der Waals surface area contributed by atoms with Gasteiger partial charge in [-0.25, -0.2) is 9.18 Å². The molecule has 0 aliphatic heterocycles. The first-order chi connectivity index (χ1) is 6.66. The van der Waals surface area contributed by atoms with E-state index in [1.165, 1.54) is 12.1 Å². The summed E-state index contributed by atoms with van der Waals surface area (Å²) in [5, 5.41) is 8.67. The molecular formula is C10H9FO3. The quantitative estimate of drug-likeness (QED) is 0.804. The summed E-state index contributed by atoms with van der Waals surface area (Å²) in [6.07, 6.45) is 1.89. The van der Waals surface area contributed by atoms with Gasteiger partial charge in [0.05, 0.1) is 11.7 Å². The standard InChI is InChI=1S/C10H9FO3/c11-8-4-1-6(10(12)13)5-9(8)14-7-2-3-7/h1,4-5,7H,2-3H2,(H,12,13). The van der Waals surface area contributed by atoms with Crippen LogP contribution in [0.5, 0.6) is 5.75 Å². The number of carboxylic acid groups (broad SMARTS) is 1. The molecule has 4 heteroatoms. The molecular weight excluding hydrogens is 187 g/mol. The number of benzene rings is 1. The summed E-state index contributed by atoms with van der Waals surface area (Å²) in [5.74, 6) is -1.56. The van der Waals surface area contributed by atoms with Crippen LogP contribution >= 0.6 is 0 Å². The lowest BCUT2D eigenvalue weighted by molar-refractivity contribution is 0.0696. The van der Waals surface area contributed by atoms with Crippen molar-refractivity contribution in [1.29, 1.82) is 0 Å². The molecule has 0 spiro atoms. The predicted molar refractivity (Wildman–Crippen MR) is 47.0 cm³/mol. The monoisotopic (exact) mass is 196 g/mol. The fraction of sp³-hybridized carbons (Fsp3) is 0.300. The second-order valence-electron chi connectivity index (χ2n) is 3.27. The van der Waals surface area contributed by atoms with Crippen molar-refractivity contribution in [1.82, 2.24) is 0 Å². The third-order valence-corrected chi connectivity index (χ3v) is 2.00. The van der Waals surface area contributed by atoms with E-state index in [1.807, 2.05) is 0 Å². The van der Waals surface area contributed by atoms with Crippen molar-refractivity contribution >= 4 is 5.97 Å². The molecule has 0 aromatic heterocycles. The molecule has 0 amide bonds. The molecule has 2 rings (SSSR count). The van der Waals surface area contributed by atoms with Gasteiger partial charge in [0.25, 0.3) is 0 Å². The van der Waals surface area contributed by atoms with Crippen LogP contribution in [0.3, 0.4) is 0 Å². The summed E-state index contributed by atoms with van der Waals surface area (Å²) in [7, 11) is 0. The molecule has 1 saturated carbocycles. The first-order valence-corrected chi connectivity index (χ1v) is 4.36. The van der Waals surface area contributed by atoms with E-state index in [1.54, 1.807) is 0 Å². The number of carbonyl (C=O) groups is 1. The Morgan fingerprint density at radius 2 is 2.21 bits per heavy atom. The van der Waals surface area contributed by atoms with E-state index in [0.717, 1.165) is 18.9 Å². The van der Waals surface area contributed by atoms with Crippen LogP contribution in [0.2, 0.25) is 0 Å². The maximum absolute atomic E-state index is 13.1. The number of rotatable bonds is 3. The van der Waals surface area contributed by atoms with E-state index in [4.69, 9.17) is 9.84 Å². The number of aromatic carboxylic acids is 1. The fourth-order valence-electron chi connectivity index (χ4n) is 1.09. The van der Waals surface area contributed by atoms with Crippen LogP contribution < -0.4 is 4.74 Å². The Bertz CT molecular complexity index is 372. The van der Waals surface area contributed by atoms with Gasteiger partial charge in [-0.3, -0.25) is 0 Å². The maximum atomic E-state index is 13.1. The molecule has 1 fully saturated rings. The average Bonchev–Trinajstić information content (AvgIpc) is 2.92. The normalized spacial score (nSPS) is 15.2. The number of halogens is 1. The molecule has 3 nitrogen and oxygen atoms in total. The summed E-state index contributed by atoms with van der Waals surface area (Å²) in [5.41, 5.74) is 0.0436. The maximum Gasteiger partial charge on any atom is 0.335 e. The van der Waals surface area contributed by atoms with Crippen LogP contribution in [0.1, 0.15) is 23.2 Å². The lowest BCUT2D eigenvalue weighted by Crippen LogP contribution is -2.02. The number of ether oxygens (including phenoxy) is 1. The minimum absolute atomic E-state index is 0.0346. The zero-order chi connectivity index (χ0) is 10.1. The van der Waals surface area contributed by atoms with Crippen LogP contribution in [0.25, 0.3) is 0 Å². The zero-order valence-electron chi connectivity index (χ0n) is 7.37. The van der Waals surface area contributed by atoms with E-state index in [9.17, 15) is 9.18 Å². The van der Waals surface area contributed by atoms with Crippen LogP contribution in [0, 0.1) is 5.82 Å². The molecule has 1 aliphatic carbocycles. The highest BCUT2D eigenvalue weighted by atomic mass is 19.1. The van der Waals surface area contributed by atoms with E-state index in [2.05, 4.69) is 0 Å². The van der Waals surface area contributed by atoms with Gasteiger partial charge in [0, 0.05) is 0 Å². The minimum atomic E-state index is -1.08. The van der Waals surface area contributed by atoms with Gasteiger partial charge in [0.15, 0.2) is 11.6 Å². The minimum Gasteiger partial charge on any atom is -0.487 e. The third kappa shape index (κ3) is 1.84. The molecule has 1 aromatic carbocycles. The highest BCUT2D eigenvalue weighted by Gasteiger charge is 2.25. The first kappa shape index (κ1) is 8.99. The summed E-state index contributed by atoms with van der Waals surface area (Å²) in [4.78, 5) is 10.6. The molecule has 0 unspecified atom stereocenters. The van der Waals surface area contributed by atoms with E-state index in [0.29, 0.717) is 0 Å². The van der Waals surface area contributed by atoms with Crippen molar-refractivity contribution in [3.05, 3.63) is 29.6 Å². The summed E-state index contributed by atoms with van der Waals surface area (Å²) in [6, 6.07) is 3.55. The van der Waals surface area contributed by atoms with Gasteiger partial charge in [-0.2, -0.15) is 0 Å². The molecule has 0 bridgehead atoms. The molecule has 1 aromatic rings. The Balaban J connectivity index is 2.26. The summed E-state index contributed by atoms with van der Waals surface area (Å²) >= 11 is 0. The van der Waals surface area contributed by atoms with E-state index < -0.39 is 11.8 Å². The lowest BCUT2D eigenvalue weighted by atomic mass is 10.2. The highest BCUT2D eigenvalue weighted by Crippen LogP contribution is 2.29. The van der Waals surface area contributed by atoms with Gasteiger partial charge >= 0.3 is 5.97 Å². The molecule has 0 atom stereocenters. The molecule has 0 radical (unpaired) electrons. The predicted octanol–water partition coefficient (Wildman–Crippen LogP) is 2.07. The molecule has 74 valence electrons. The molecule has 0 saturated heterocycles. The van der Waals surface area contributed by atoms with E-state index >= 15 is 0 Å². The Kier molecular flexibility index (Phi) is 2.11. The van der Waals surface area contributed by atoms with Crippen molar-refractivity contribution < 1.29 is 19.0 Å². The van der Waals surface area contributed by atoms with Crippen LogP contribution in [-0.2, 0) is 0 Å². The Hall–Kier alpha value is -1.58. The number of carboxylic acids is 1. The van der Waals surface area contributed by atoms with Crippen LogP contribution in [-0.4, -0.2) is 17.2 Å². The highest BCUT2D eigenvalue weighted by molar-refractivity contribution is 5.88. The van der Waals surface area contributed by atoms with Crippen molar-refractivity contribution in [2.24, 2.45) is 0 Å². The Labute approximate surface area is 80.1 Å². The van der Waals surface area contributed by atoms with Crippen molar-refractivity contribution in [3.8, 4) is 5.75 Å².